The Labute approximate surface area is 305 Å². The number of ketones is 1. The number of hydrogen-bond donors (Lipinski definition) is 1. The predicted molar refractivity (Wildman–Crippen MR) is 201 cm³/mol. The first-order chi connectivity index (χ1) is 24.0. The highest BCUT2D eigenvalue weighted by atomic mass is 32.1. The molecule has 11 heteroatoms. The van der Waals surface area contributed by atoms with Gasteiger partial charge in [-0.3, -0.25) is 4.79 Å². The highest BCUT2D eigenvalue weighted by Crippen LogP contribution is 2.25. The van der Waals surface area contributed by atoms with Crippen molar-refractivity contribution >= 4 is 40.6 Å². The highest BCUT2D eigenvalue weighted by molar-refractivity contribution is 7.09. The Balaban J connectivity index is 1.46. The minimum Gasteiger partial charge on any atom is -0.442 e. The molecule has 0 saturated heterocycles. The van der Waals surface area contributed by atoms with Gasteiger partial charge in [0.05, 0.1) is 23.3 Å². The zero-order valence-corrected chi connectivity index (χ0v) is 31.7. The van der Waals surface area contributed by atoms with E-state index in [9.17, 15) is 14.4 Å². The fourth-order valence-electron chi connectivity index (χ4n) is 5.92. The van der Waals surface area contributed by atoms with Gasteiger partial charge in [-0.25, -0.2) is 19.6 Å². The summed E-state index contributed by atoms with van der Waals surface area (Å²) in [6.45, 7) is 8.63. The van der Waals surface area contributed by atoms with E-state index in [1.54, 1.807) is 41.4 Å². The summed E-state index contributed by atoms with van der Waals surface area (Å²) in [5.74, 6) is 0.252. The molecule has 4 aromatic rings. The summed E-state index contributed by atoms with van der Waals surface area (Å²) in [5, 5.41) is 8.66. The lowest BCUT2D eigenvalue weighted by molar-refractivity contribution is -0.122. The van der Waals surface area contributed by atoms with Crippen LogP contribution in [0.4, 0.5) is 9.59 Å². The van der Waals surface area contributed by atoms with Gasteiger partial charge in [0.1, 0.15) is 11.6 Å². The maximum Gasteiger partial charge on any atom is 0.410 e. The number of thiazole rings is 2. The summed E-state index contributed by atoms with van der Waals surface area (Å²) in [5.41, 5.74) is 3.11. The van der Waals surface area contributed by atoms with E-state index in [4.69, 9.17) is 4.74 Å². The van der Waals surface area contributed by atoms with E-state index in [1.165, 1.54) is 11.3 Å². The van der Waals surface area contributed by atoms with Crippen molar-refractivity contribution in [3.63, 3.8) is 0 Å². The van der Waals surface area contributed by atoms with Crippen LogP contribution in [0.1, 0.15) is 79.7 Å². The molecule has 0 saturated carbocycles. The average Bonchev–Trinajstić information content (AvgIpc) is 3.81. The number of rotatable bonds is 18. The van der Waals surface area contributed by atoms with E-state index in [1.807, 2.05) is 61.0 Å². The SMILES string of the molecule is CC(C)c1nc(CN(C)C(=O)N[C@H](C(=O)C[C@H](CC[C@H](Cc2ccccc2)N(C)C(=O)OCc2nccs2)Cc2ccccc2)C(C)C)cs1. The first-order valence-corrected chi connectivity index (χ1v) is 19.1. The molecule has 268 valence electrons. The third-order valence-electron chi connectivity index (χ3n) is 8.82. The number of amides is 3. The highest BCUT2D eigenvalue weighted by Gasteiger charge is 2.29. The van der Waals surface area contributed by atoms with Gasteiger partial charge in [0.2, 0.25) is 0 Å². The smallest absolute Gasteiger partial charge is 0.410 e. The molecule has 4 rings (SSSR count). The summed E-state index contributed by atoms with van der Waals surface area (Å²) in [6.07, 6.45) is 4.36. The molecular formula is C39H51N5O4S2. The molecular weight excluding hydrogens is 667 g/mol. The summed E-state index contributed by atoms with van der Waals surface area (Å²) < 4.78 is 5.63. The Hall–Kier alpha value is -4.09. The maximum absolute atomic E-state index is 14.0. The molecule has 3 atom stereocenters. The minimum absolute atomic E-state index is 0.00301. The zero-order chi connectivity index (χ0) is 36.0. The minimum atomic E-state index is -0.631. The number of Topliss-reactive ketones (excluding diaryl/α,β-unsaturated/α-hetero) is 1. The van der Waals surface area contributed by atoms with Crippen molar-refractivity contribution in [2.75, 3.05) is 14.1 Å². The Morgan fingerprint density at radius 1 is 0.880 bits per heavy atom. The molecule has 0 unspecified atom stereocenters. The van der Waals surface area contributed by atoms with E-state index in [-0.39, 0.29) is 36.3 Å². The number of likely N-dealkylation sites (N-methyl/N-ethyl adjacent to an activating group) is 1. The summed E-state index contributed by atoms with van der Waals surface area (Å²) in [4.78, 5) is 52.7. The van der Waals surface area contributed by atoms with Crippen LogP contribution in [-0.2, 0) is 35.5 Å². The standard InChI is InChI=1S/C39H51N5O4S2/c1-27(2)36(42-38(46)43(5)24-32-26-50-37(41-32)28(3)4)34(45)23-31(21-29-13-9-7-10-14-29)17-18-33(22-30-15-11-8-12-16-30)44(6)39(47)48-25-35-40-19-20-49-35/h7-16,19-20,26-28,31,33,36H,17-18,21-25H2,1-6H3,(H,42,46)/t31-,33-,36+/m1/s1. The number of nitrogens with one attached hydrogen (secondary N) is 1. The number of carbonyl (C=O) groups is 3. The van der Waals surface area contributed by atoms with Crippen molar-refractivity contribution in [3.8, 4) is 0 Å². The van der Waals surface area contributed by atoms with Crippen LogP contribution in [0.5, 0.6) is 0 Å². The first kappa shape index (κ1) is 38.7. The molecule has 0 bridgehead atoms. The summed E-state index contributed by atoms with van der Waals surface area (Å²) >= 11 is 3.05. The van der Waals surface area contributed by atoms with Gasteiger partial charge in [-0.1, -0.05) is 88.4 Å². The Kier molecular flexibility index (Phi) is 15.0. The Morgan fingerprint density at radius 3 is 2.12 bits per heavy atom. The molecule has 0 fully saturated rings. The molecule has 50 heavy (non-hydrogen) atoms. The molecule has 9 nitrogen and oxygen atoms in total. The fourth-order valence-corrected chi connectivity index (χ4v) is 7.27. The number of aromatic nitrogens is 2. The number of nitrogens with zero attached hydrogens (tertiary/aromatic N) is 4. The molecule has 1 N–H and O–H groups in total. The lowest BCUT2D eigenvalue weighted by Crippen LogP contribution is -2.49. The lowest BCUT2D eigenvalue weighted by Gasteiger charge is -2.30. The van der Waals surface area contributed by atoms with Crippen molar-refractivity contribution in [1.29, 1.82) is 0 Å². The molecule has 2 heterocycles. The Bertz CT molecular complexity index is 1610. The van der Waals surface area contributed by atoms with E-state index >= 15 is 0 Å². The quantitative estimate of drug-likeness (QED) is 0.111. The van der Waals surface area contributed by atoms with Gasteiger partial charge in [0.15, 0.2) is 5.78 Å². The van der Waals surface area contributed by atoms with Gasteiger partial charge in [-0.2, -0.15) is 0 Å². The van der Waals surface area contributed by atoms with Crippen LogP contribution in [0.2, 0.25) is 0 Å². The largest absolute Gasteiger partial charge is 0.442 e. The van der Waals surface area contributed by atoms with Gasteiger partial charge >= 0.3 is 12.1 Å². The number of hydrogen-bond acceptors (Lipinski definition) is 8. The maximum atomic E-state index is 14.0. The second kappa shape index (κ2) is 19.3. The van der Waals surface area contributed by atoms with Gasteiger partial charge in [0, 0.05) is 49.4 Å². The van der Waals surface area contributed by atoms with Crippen LogP contribution >= 0.6 is 22.7 Å². The second-order valence-corrected chi connectivity index (χ2v) is 15.5. The van der Waals surface area contributed by atoms with Crippen molar-refractivity contribution in [3.05, 3.63) is 104 Å². The van der Waals surface area contributed by atoms with E-state index < -0.39 is 12.1 Å². The van der Waals surface area contributed by atoms with E-state index in [0.29, 0.717) is 44.6 Å². The summed E-state index contributed by atoms with van der Waals surface area (Å²) in [6, 6.07) is 19.2. The lowest BCUT2D eigenvalue weighted by atomic mass is 9.85. The van der Waals surface area contributed by atoms with Crippen molar-refractivity contribution in [2.45, 2.75) is 91.0 Å². The third-order valence-corrected chi connectivity index (χ3v) is 10.8. The average molecular weight is 718 g/mol. The van der Waals surface area contributed by atoms with E-state index in [0.717, 1.165) is 26.8 Å². The second-order valence-electron chi connectivity index (χ2n) is 13.6. The summed E-state index contributed by atoms with van der Waals surface area (Å²) in [7, 11) is 3.51. The zero-order valence-electron chi connectivity index (χ0n) is 30.1. The molecule has 0 aliphatic carbocycles. The van der Waals surface area contributed by atoms with Crippen LogP contribution in [0.25, 0.3) is 0 Å². The third kappa shape index (κ3) is 12.1. The van der Waals surface area contributed by atoms with Gasteiger partial charge in [0.25, 0.3) is 0 Å². The van der Waals surface area contributed by atoms with Crippen LogP contribution in [0.15, 0.2) is 77.6 Å². The number of ether oxygens (including phenoxy) is 1. The molecule has 0 aliphatic rings. The van der Waals surface area contributed by atoms with Crippen LogP contribution in [0.3, 0.4) is 0 Å². The van der Waals surface area contributed by atoms with Gasteiger partial charge < -0.3 is 19.9 Å². The predicted octanol–water partition coefficient (Wildman–Crippen LogP) is 8.37. The molecule has 0 radical (unpaired) electrons. The number of urea groups is 1. The Morgan fingerprint density at radius 2 is 1.54 bits per heavy atom. The van der Waals surface area contributed by atoms with Crippen molar-refractivity contribution < 1.29 is 19.1 Å². The number of benzene rings is 2. The molecule has 2 aromatic heterocycles. The number of carbonyl (C=O) groups excluding carboxylic acids is 3. The first-order valence-electron chi connectivity index (χ1n) is 17.3. The molecule has 2 aromatic carbocycles. The van der Waals surface area contributed by atoms with Crippen molar-refractivity contribution in [1.82, 2.24) is 25.1 Å². The normalized spacial score (nSPS) is 13.1. The van der Waals surface area contributed by atoms with Crippen molar-refractivity contribution in [2.24, 2.45) is 11.8 Å². The topological polar surface area (TPSA) is 105 Å². The van der Waals surface area contributed by atoms with Crippen LogP contribution in [-0.4, -0.2) is 63.9 Å². The molecule has 3 amide bonds. The van der Waals surface area contributed by atoms with Crippen LogP contribution in [0, 0.1) is 11.8 Å². The van der Waals surface area contributed by atoms with Gasteiger partial charge in [-0.15, -0.1) is 22.7 Å². The molecule has 0 aliphatic heterocycles. The monoisotopic (exact) mass is 717 g/mol. The van der Waals surface area contributed by atoms with Crippen LogP contribution < -0.4 is 5.32 Å². The fraction of sp³-hybridized carbons (Fsp3) is 0.462. The molecule has 0 spiro atoms. The van der Waals surface area contributed by atoms with Gasteiger partial charge in [-0.05, 0) is 48.6 Å². The van der Waals surface area contributed by atoms with E-state index in [2.05, 4.69) is 53.4 Å².